The Bertz CT molecular complexity index is 2210. The predicted octanol–water partition coefficient (Wildman–Crippen LogP) is 10.5. The van der Waals surface area contributed by atoms with Crippen LogP contribution < -0.4 is 5.32 Å². The van der Waals surface area contributed by atoms with Crippen LogP contribution in [0.25, 0.3) is 60.5 Å². The molecular weight excluding hydrogens is 510 g/mol. The van der Waals surface area contributed by atoms with Gasteiger partial charge >= 0.3 is 0 Å². The second kappa shape index (κ2) is 10.1. The SMILES string of the molecule is C1=Nc2ccccc2-c2cc(-c3cc4c(c5ccccc35)c3ccccc3n4-c3ccccc3)ccc2N/C=C/C=C\1. The first-order valence-electron chi connectivity index (χ1n) is 14.2. The van der Waals surface area contributed by atoms with Crippen molar-refractivity contribution in [2.45, 2.75) is 0 Å². The van der Waals surface area contributed by atoms with Crippen molar-refractivity contribution in [1.29, 1.82) is 0 Å². The third kappa shape index (κ3) is 3.94. The molecule has 0 radical (unpaired) electrons. The van der Waals surface area contributed by atoms with Gasteiger partial charge < -0.3 is 9.88 Å². The van der Waals surface area contributed by atoms with Crippen molar-refractivity contribution in [2.24, 2.45) is 4.99 Å². The van der Waals surface area contributed by atoms with E-state index >= 15 is 0 Å². The van der Waals surface area contributed by atoms with Crippen LogP contribution in [0.2, 0.25) is 0 Å². The fraction of sp³-hybridized carbons (Fsp3) is 0. The zero-order valence-corrected chi connectivity index (χ0v) is 22.9. The molecule has 0 atom stereocenters. The summed E-state index contributed by atoms with van der Waals surface area (Å²) in [7, 11) is 0. The van der Waals surface area contributed by atoms with Gasteiger partial charge in [-0.15, -0.1) is 0 Å². The number of anilines is 1. The van der Waals surface area contributed by atoms with Crippen LogP contribution in [-0.4, -0.2) is 10.8 Å². The first-order chi connectivity index (χ1) is 20.9. The molecule has 42 heavy (non-hydrogen) atoms. The van der Waals surface area contributed by atoms with Crippen molar-refractivity contribution in [3.8, 4) is 27.9 Å². The molecule has 1 N–H and O–H groups in total. The molecule has 3 nitrogen and oxygen atoms in total. The number of hydrogen-bond donors (Lipinski definition) is 1. The summed E-state index contributed by atoms with van der Waals surface area (Å²) in [4.78, 5) is 4.77. The lowest BCUT2D eigenvalue weighted by Gasteiger charge is -2.16. The highest BCUT2D eigenvalue weighted by atomic mass is 15.0. The second-order valence-corrected chi connectivity index (χ2v) is 10.5. The van der Waals surface area contributed by atoms with Gasteiger partial charge in [0.2, 0.25) is 0 Å². The van der Waals surface area contributed by atoms with Crippen LogP contribution in [0.4, 0.5) is 11.4 Å². The maximum Gasteiger partial charge on any atom is 0.0708 e. The summed E-state index contributed by atoms with van der Waals surface area (Å²) in [5.74, 6) is 0. The Morgan fingerprint density at radius 2 is 1.29 bits per heavy atom. The van der Waals surface area contributed by atoms with E-state index in [1.807, 2.05) is 36.7 Å². The summed E-state index contributed by atoms with van der Waals surface area (Å²) in [6.07, 6.45) is 9.73. The van der Waals surface area contributed by atoms with Crippen molar-refractivity contribution >= 4 is 50.2 Å². The number of aliphatic imine (C=N–C) groups is 1. The Morgan fingerprint density at radius 1 is 0.524 bits per heavy atom. The summed E-state index contributed by atoms with van der Waals surface area (Å²) in [5.41, 5.74) is 10.1. The number of para-hydroxylation sites is 3. The molecule has 0 bridgehead atoms. The van der Waals surface area contributed by atoms with Gasteiger partial charge in [-0.25, -0.2) is 0 Å². The lowest BCUT2D eigenvalue weighted by molar-refractivity contribution is 1.18. The molecule has 1 aromatic heterocycles. The molecule has 7 aromatic rings. The van der Waals surface area contributed by atoms with E-state index in [0.717, 1.165) is 33.8 Å². The quantitative estimate of drug-likeness (QED) is 0.233. The zero-order valence-electron chi connectivity index (χ0n) is 22.9. The van der Waals surface area contributed by atoms with Crippen LogP contribution >= 0.6 is 0 Å². The van der Waals surface area contributed by atoms with Crippen molar-refractivity contribution in [3.05, 3.63) is 152 Å². The van der Waals surface area contributed by atoms with Gasteiger partial charge in [0.1, 0.15) is 0 Å². The molecule has 0 saturated heterocycles. The molecule has 0 amide bonds. The number of rotatable bonds is 2. The molecule has 0 saturated carbocycles. The second-order valence-electron chi connectivity index (χ2n) is 10.5. The van der Waals surface area contributed by atoms with Gasteiger partial charge in [0.05, 0.1) is 16.7 Å². The number of hydrogen-bond acceptors (Lipinski definition) is 2. The van der Waals surface area contributed by atoms with Crippen LogP contribution in [0.1, 0.15) is 0 Å². The molecule has 198 valence electrons. The average Bonchev–Trinajstić information content (AvgIpc) is 3.37. The van der Waals surface area contributed by atoms with E-state index in [0.29, 0.717) is 0 Å². The van der Waals surface area contributed by atoms with Gasteiger partial charge in [0.25, 0.3) is 0 Å². The maximum atomic E-state index is 4.77. The van der Waals surface area contributed by atoms with Gasteiger partial charge in [-0.3, -0.25) is 4.99 Å². The number of nitrogens with zero attached hydrogens (tertiary/aromatic N) is 2. The molecule has 3 heteroatoms. The Hall–Kier alpha value is -5.67. The molecule has 6 aromatic carbocycles. The first kappa shape index (κ1) is 24.2. The highest BCUT2D eigenvalue weighted by Crippen LogP contribution is 2.43. The van der Waals surface area contributed by atoms with Crippen LogP contribution in [0.3, 0.4) is 0 Å². The molecule has 1 aliphatic rings. The minimum absolute atomic E-state index is 0.939. The molecular formula is C39H27N3. The Balaban J connectivity index is 1.45. The minimum Gasteiger partial charge on any atom is -0.361 e. The Kier molecular flexibility index (Phi) is 5.79. The van der Waals surface area contributed by atoms with E-state index in [-0.39, 0.29) is 0 Å². The smallest absolute Gasteiger partial charge is 0.0708 e. The maximum absolute atomic E-state index is 4.77. The molecule has 0 aliphatic carbocycles. The molecule has 8 rings (SSSR count). The van der Waals surface area contributed by atoms with Gasteiger partial charge in [0.15, 0.2) is 0 Å². The van der Waals surface area contributed by atoms with Crippen molar-refractivity contribution in [2.75, 3.05) is 5.32 Å². The first-order valence-corrected chi connectivity index (χ1v) is 14.2. The highest BCUT2D eigenvalue weighted by molar-refractivity contribution is 6.24. The topological polar surface area (TPSA) is 29.3 Å². The van der Waals surface area contributed by atoms with Crippen molar-refractivity contribution in [1.82, 2.24) is 4.57 Å². The summed E-state index contributed by atoms with van der Waals surface area (Å²) in [6, 6.07) is 45.6. The third-order valence-electron chi connectivity index (χ3n) is 8.08. The van der Waals surface area contributed by atoms with E-state index in [1.54, 1.807) is 0 Å². The summed E-state index contributed by atoms with van der Waals surface area (Å²) < 4.78 is 2.40. The van der Waals surface area contributed by atoms with Crippen LogP contribution in [0, 0.1) is 0 Å². The fourth-order valence-electron chi connectivity index (χ4n) is 6.23. The van der Waals surface area contributed by atoms with Crippen molar-refractivity contribution < 1.29 is 0 Å². The summed E-state index contributed by atoms with van der Waals surface area (Å²) in [6.45, 7) is 0. The van der Waals surface area contributed by atoms with Gasteiger partial charge in [-0.2, -0.15) is 0 Å². The largest absolute Gasteiger partial charge is 0.361 e. The zero-order chi connectivity index (χ0) is 27.9. The number of nitrogens with one attached hydrogen (secondary N) is 1. The van der Waals surface area contributed by atoms with E-state index in [4.69, 9.17) is 4.99 Å². The van der Waals surface area contributed by atoms with Crippen LogP contribution in [0.5, 0.6) is 0 Å². The standard InChI is InChI=1S/C39H27N3/c1-3-13-28(14-4-1)42-37-20-10-8-18-32(37)39-31-17-6-5-15-29(31)33(26-38(39)42)27-21-22-36-34(25-27)30-16-7-9-19-35(30)40-23-11-2-12-24-41-36/h1-26,41H/b11-2-,24-12+,40-23?. The number of benzene rings is 6. The molecule has 0 unspecified atom stereocenters. The fourth-order valence-corrected chi connectivity index (χ4v) is 6.23. The number of allylic oxidation sites excluding steroid dienone is 3. The van der Waals surface area contributed by atoms with Gasteiger partial charge in [-0.05, 0) is 76.5 Å². The molecule has 2 heterocycles. The number of aromatic nitrogens is 1. The predicted molar refractivity (Wildman–Crippen MR) is 179 cm³/mol. The molecule has 0 fully saturated rings. The summed E-state index contributed by atoms with van der Waals surface area (Å²) >= 11 is 0. The van der Waals surface area contributed by atoms with Crippen LogP contribution in [-0.2, 0) is 0 Å². The monoisotopic (exact) mass is 537 g/mol. The Labute approximate surface area is 244 Å². The van der Waals surface area contributed by atoms with Crippen LogP contribution in [0.15, 0.2) is 157 Å². The van der Waals surface area contributed by atoms with Crippen molar-refractivity contribution in [3.63, 3.8) is 0 Å². The highest BCUT2D eigenvalue weighted by Gasteiger charge is 2.19. The van der Waals surface area contributed by atoms with E-state index in [9.17, 15) is 0 Å². The third-order valence-corrected chi connectivity index (χ3v) is 8.08. The molecule has 0 spiro atoms. The lowest BCUT2D eigenvalue weighted by Crippen LogP contribution is -1.95. The lowest BCUT2D eigenvalue weighted by atomic mass is 9.92. The van der Waals surface area contributed by atoms with E-state index < -0.39 is 0 Å². The summed E-state index contributed by atoms with van der Waals surface area (Å²) in [5, 5.41) is 8.54. The van der Waals surface area contributed by atoms with Gasteiger partial charge in [-0.1, -0.05) is 91.0 Å². The number of fused-ring (bicyclic) bond motifs is 8. The normalized spacial score (nSPS) is 14.2. The Morgan fingerprint density at radius 3 is 2.19 bits per heavy atom. The minimum atomic E-state index is 0.939. The van der Waals surface area contributed by atoms with Gasteiger partial charge in [0, 0.05) is 45.7 Å². The van der Waals surface area contributed by atoms with E-state index in [1.165, 1.54) is 38.1 Å². The average molecular weight is 538 g/mol. The van der Waals surface area contributed by atoms with E-state index in [2.05, 4.69) is 131 Å². The molecule has 1 aliphatic heterocycles.